The molecule has 2 heterocycles. The minimum Gasteiger partial charge on any atom is -0.408 e. The summed E-state index contributed by atoms with van der Waals surface area (Å²) in [4.78, 5) is 11.4. The lowest BCUT2D eigenvalue weighted by Gasteiger charge is -1.96. The quantitative estimate of drug-likeness (QED) is 0.703. The van der Waals surface area contributed by atoms with Gasteiger partial charge in [0.25, 0.3) is 0 Å². The van der Waals surface area contributed by atoms with Gasteiger partial charge in [-0.15, -0.1) is 0 Å². The largest absolute Gasteiger partial charge is 0.419 e. The van der Waals surface area contributed by atoms with E-state index >= 15 is 0 Å². The van der Waals surface area contributed by atoms with Crippen LogP contribution in [0.5, 0.6) is 0 Å². The Kier molecular flexibility index (Phi) is 2.31. The highest BCUT2D eigenvalue weighted by atomic mass is 16.4. The van der Waals surface area contributed by atoms with Gasteiger partial charge in [0.1, 0.15) is 0 Å². The summed E-state index contributed by atoms with van der Waals surface area (Å²) in [5.41, 5.74) is 9.36. The van der Waals surface area contributed by atoms with Crippen molar-refractivity contribution < 1.29 is 4.42 Å². The molecule has 0 amide bonds. The van der Waals surface area contributed by atoms with Gasteiger partial charge in [0, 0.05) is 24.8 Å². The molecule has 6 heteroatoms. The third-order valence-electron chi connectivity index (χ3n) is 2.94. The maximum atomic E-state index is 11.4. The van der Waals surface area contributed by atoms with Crippen molar-refractivity contribution in [3.8, 4) is 11.3 Å². The molecule has 0 saturated heterocycles. The topological polar surface area (TPSA) is 89.8 Å². The zero-order valence-electron chi connectivity index (χ0n) is 9.80. The van der Waals surface area contributed by atoms with Crippen LogP contribution in [0.4, 0.5) is 0 Å². The summed E-state index contributed by atoms with van der Waals surface area (Å²) in [7, 11) is 1.68. The minimum absolute atomic E-state index is 0.369. The molecule has 18 heavy (non-hydrogen) atoms. The summed E-state index contributed by atoms with van der Waals surface area (Å²) >= 11 is 0. The van der Waals surface area contributed by atoms with Crippen LogP contribution in [-0.2, 0) is 13.6 Å². The first-order valence-electron chi connectivity index (χ1n) is 5.53. The number of oxazole rings is 1. The van der Waals surface area contributed by atoms with E-state index in [9.17, 15) is 4.79 Å². The second-order valence-corrected chi connectivity index (χ2v) is 4.09. The smallest absolute Gasteiger partial charge is 0.408 e. The first-order chi connectivity index (χ1) is 8.69. The van der Waals surface area contributed by atoms with Crippen molar-refractivity contribution in [1.29, 1.82) is 0 Å². The normalized spacial score (nSPS) is 11.2. The average Bonchev–Trinajstić information content (AvgIpc) is 2.95. The SMILES string of the molecule is Cn1c(=O)oc2cc(-c3cc(CN)[nH]n3)ccc21. The first-order valence-corrected chi connectivity index (χ1v) is 5.53. The highest BCUT2D eigenvalue weighted by Gasteiger charge is 2.09. The second-order valence-electron chi connectivity index (χ2n) is 4.09. The van der Waals surface area contributed by atoms with Crippen LogP contribution in [0.1, 0.15) is 5.69 Å². The number of fused-ring (bicyclic) bond motifs is 1. The summed E-state index contributed by atoms with van der Waals surface area (Å²) in [6.07, 6.45) is 0. The third-order valence-corrected chi connectivity index (χ3v) is 2.94. The number of benzene rings is 1. The monoisotopic (exact) mass is 244 g/mol. The molecule has 0 aliphatic rings. The highest BCUT2D eigenvalue weighted by molar-refractivity contribution is 5.79. The van der Waals surface area contributed by atoms with E-state index in [1.165, 1.54) is 4.57 Å². The predicted octanol–water partition coefficient (Wildman–Crippen LogP) is 0.980. The molecule has 3 rings (SSSR count). The van der Waals surface area contributed by atoms with Gasteiger partial charge in [-0.05, 0) is 18.2 Å². The van der Waals surface area contributed by atoms with Gasteiger partial charge in [-0.3, -0.25) is 9.67 Å². The molecule has 1 aromatic carbocycles. The Morgan fingerprint density at radius 3 is 3.00 bits per heavy atom. The Balaban J connectivity index is 2.16. The van der Waals surface area contributed by atoms with Crippen molar-refractivity contribution in [3.05, 3.63) is 40.5 Å². The van der Waals surface area contributed by atoms with Gasteiger partial charge in [-0.1, -0.05) is 6.07 Å². The number of H-pyrrole nitrogens is 1. The lowest BCUT2D eigenvalue weighted by Crippen LogP contribution is -2.08. The molecular formula is C12H12N4O2. The van der Waals surface area contributed by atoms with Crippen LogP contribution < -0.4 is 11.5 Å². The summed E-state index contributed by atoms with van der Waals surface area (Å²) in [6, 6.07) is 7.41. The Morgan fingerprint density at radius 1 is 1.44 bits per heavy atom. The van der Waals surface area contributed by atoms with Crippen molar-refractivity contribution >= 4 is 11.1 Å². The highest BCUT2D eigenvalue weighted by Crippen LogP contribution is 2.22. The molecular weight excluding hydrogens is 232 g/mol. The van der Waals surface area contributed by atoms with Crippen LogP contribution in [-0.4, -0.2) is 14.8 Å². The maximum Gasteiger partial charge on any atom is 0.419 e. The minimum atomic E-state index is -0.369. The first kappa shape index (κ1) is 10.8. The fourth-order valence-electron chi connectivity index (χ4n) is 1.91. The van der Waals surface area contributed by atoms with Gasteiger partial charge >= 0.3 is 5.76 Å². The summed E-state index contributed by atoms with van der Waals surface area (Å²) in [5, 5.41) is 7.01. The van der Waals surface area contributed by atoms with E-state index < -0.39 is 0 Å². The molecule has 0 aliphatic heterocycles. The molecule has 3 N–H and O–H groups in total. The summed E-state index contributed by atoms with van der Waals surface area (Å²) in [5.74, 6) is -0.369. The Bertz CT molecular complexity index is 766. The molecule has 6 nitrogen and oxygen atoms in total. The standard InChI is InChI=1S/C12H12N4O2/c1-16-10-3-2-7(4-11(10)18-12(16)17)9-5-8(6-13)14-15-9/h2-5H,6,13H2,1H3,(H,14,15). The number of nitrogens with two attached hydrogens (primary N) is 1. The fourth-order valence-corrected chi connectivity index (χ4v) is 1.91. The second kappa shape index (κ2) is 3.85. The number of aromatic amines is 1. The van der Waals surface area contributed by atoms with E-state index in [-0.39, 0.29) is 5.76 Å². The number of nitrogens with zero attached hydrogens (tertiary/aromatic N) is 2. The zero-order valence-corrected chi connectivity index (χ0v) is 9.80. The number of nitrogens with one attached hydrogen (secondary N) is 1. The van der Waals surface area contributed by atoms with Crippen LogP contribution in [0.2, 0.25) is 0 Å². The molecule has 0 radical (unpaired) electrons. The Hall–Kier alpha value is -2.34. The Morgan fingerprint density at radius 2 is 2.28 bits per heavy atom. The molecule has 0 unspecified atom stereocenters. The van der Waals surface area contributed by atoms with Crippen molar-refractivity contribution in [2.45, 2.75) is 6.54 Å². The van der Waals surface area contributed by atoms with Gasteiger partial charge in [0.05, 0.1) is 11.2 Å². The van der Waals surface area contributed by atoms with Crippen molar-refractivity contribution in [1.82, 2.24) is 14.8 Å². The predicted molar refractivity (Wildman–Crippen MR) is 66.9 cm³/mol. The number of hydrogen-bond donors (Lipinski definition) is 2. The van der Waals surface area contributed by atoms with Crippen molar-refractivity contribution in [2.75, 3.05) is 0 Å². The molecule has 3 aromatic rings. The van der Waals surface area contributed by atoms with Gasteiger partial charge in [0.2, 0.25) is 0 Å². The lowest BCUT2D eigenvalue weighted by molar-refractivity contribution is 0.528. The molecule has 0 spiro atoms. The summed E-state index contributed by atoms with van der Waals surface area (Å²) < 4.78 is 6.61. The van der Waals surface area contributed by atoms with Crippen molar-refractivity contribution in [3.63, 3.8) is 0 Å². The lowest BCUT2D eigenvalue weighted by atomic mass is 10.1. The third kappa shape index (κ3) is 1.54. The van der Waals surface area contributed by atoms with E-state index in [2.05, 4.69) is 10.2 Å². The van der Waals surface area contributed by atoms with Crippen LogP contribution in [0.3, 0.4) is 0 Å². The summed E-state index contributed by atoms with van der Waals surface area (Å²) in [6.45, 7) is 0.412. The molecule has 0 aliphatic carbocycles. The van der Waals surface area contributed by atoms with Crippen LogP contribution in [0.25, 0.3) is 22.4 Å². The number of hydrogen-bond acceptors (Lipinski definition) is 4. The van der Waals surface area contributed by atoms with E-state index in [0.29, 0.717) is 12.1 Å². The van der Waals surface area contributed by atoms with Gasteiger partial charge in [-0.25, -0.2) is 4.79 Å². The maximum absolute atomic E-state index is 11.4. The van der Waals surface area contributed by atoms with E-state index in [4.69, 9.17) is 10.2 Å². The molecule has 92 valence electrons. The molecule has 0 saturated carbocycles. The zero-order chi connectivity index (χ0) is 12.7. The fraction of sp³-hybridized carbons (Fsp3) is 0.167. The van der Waals surface area contributed by atoms with Gasteiger partial charge in [0.15, 0.2) is 5.58 Å². The number of rotatable bonds is 2. The van der Waals surface area contributed by atoms with Crippen molar-refractivity contribution in [2.24, 2.45) is 12.8 Å². The molecule has 0 atom stereocenters. The van der Waals surface area contributed by atoms with Crippen LogP contribution >= 0.6 is 0 Å². The van der Waals surface area contributed by atoms with Crippen LogP contribution in [0, 0.1) is 0 Å². The number of aryl methyl sites for hydroxylation is 1. The molecule has 0 fully saturated rings. The van der Waals surface area contributed by atoms with Crippen LogP contribution in [0.15, 0.2) is 33.5 Å². The van der Waals surface area contributed by atoms with Gasteiger partial charge in [-0.2, -0.15) is 5.10 Å². The Labute approximate surface area is 102 Å². The number of aromatic nitrogens is 3. The molecule has 2 aromatic heterocycles. The van der Waals surface area contributed by atoms with E-state index in [0.717, 1.165) is 22.5 Å². The van der Waals surface area contributed by atoms with Gasteiger partial charge < -0.3 is 10.2 Å². The average molecular weight is 244 g/mol. The van der Waals surface area contributed by atoms with E-state index in [1.807, 2.05) is 18.2 Å². The molecule has 0 bridgehead atoms. The van der Waals surface area contributed by atoms with E-state index in [1.54, 1.807) is 13.1 Å².